The van der Waals surface area contributed by atoms with Gasteiger partial charge in [0.15, 0.2) is 6.10 Å². The first-order valence-corrected chi connectivity index (χ1v) is 10.9. The number of benzene rings is 1. The predicted octanol–water partition coefficient (Wildman–Crippen LogP) is 3.97. The fourth-order valence-corrected chi connectivity index (χ4v) is 4.76. The van der Waals surface area contributed by atoms with Crippen molar-refractivity contribution in [3.05, 3.63) is 53.2 Å². The molecule has 0 radical (unpaired) electrons. The Balaban J connectivity index is 1.58. The Hall–Kier alpha value is -2.65. The summed E-state index contributed by atoms with van der Waals surface area (Å²) in [5.41, 5.74) is 1.45. The maximum atomic E-state index is 13.0. The number of piperidine rings is 1. The van der Waals surface area contributed by atoms with Crippen molar-refractivity contribution in [1.29, 1.82) is 5.41 Å². The summed E-state index contributed by atoms with van der Waals surface area (Å²) < 4.78 is 38.9. The zero-order valence-electron chi connectivity index (χ0n) is 17.6. The highest BCUT2D eigenvalue weighted by Crippen LogP contribution is 2.34. The lowest BCUT2D eigenvalue weighted by molar-refractivity contribution is -0.206. The van der Waals surface area contributed by atoms with E-state index in [1.54, 1.807) is 12.1 Å². The van der Waals surface area contributed by atoms with Crippen molar-refractivity contribution in [2.45, 2.75) is 44.0 Å². The van der Waals surface area contributed by atoms with Crippen molar-refractivity contribution in [3.63, 3.8) is 0 Å². The van der Waals surface area contributed by atoms with Crippen LogP contribution in [-0.4, -0.2) is 69.9 Å². The summed E-state index contributed by atoms with van der Waals surface area (Å²) in [5, 5.41) is 30.8. The summed E-state index contributed by atoms with van der Waals surface area (Å²) in [6, 6.07) is 6.12. The summed E-state index contributed by atoms with van der Waals surface area (Å²) in [7, 11) is 0. The molecule has 3 aliphatic rings. The second-order valence-electron chi connectivity index (χ2n) is 8.52. The van der Waals surface area contributed by atoms with Crippen molar-refractivity contribution >= 4 is 17.0 Å². The smallest absolute Gasteiger partial charge is 0.410 e. The molecule has 0 saturated carbocycles. The fourth-order valence-electron chi connectivity index (χ4n) is 4.76. The molecule has 2 aliphatic heterocycles. The van der Waals surface area contributed by atoms with Crippen molar-refractivity contribution in [1.82, 2.24) is 9.80 Å². The lowest BCUT2D eigenvalue weighted by atomic mass is 9.92. The molecule has 2 fully saturated rings. The molecule has 0 bridgehead atoms. The van der Waals surface area contributed by atoms with Crippen LogP contribution in [0, 0.1) is 5.41 Å². The molecule has 9 heteroatoms. The molecular weight excluding hydrogens is 421 g/mol. The lowest BCUT2D eigenvalue weighted by Crippen LogP contribution is -2.45. The van der Waals surface area contributed by atoms with E-state index in [1.165, 1.54) is 37.1 Å². The molecule has 0 aromatic heterocycles. The SMILES string of the molecule is N=C1C(N2CCC(N3CCCC3)CC2)=CC(c2cccc(C(O)C(F)(F)F)c2)=C/C1=N/O. The summed E-state index contributed by atoms with van der Waals surface area (Å²) in [5.74, 6) is 0. The number of oxime groups is 1. The third kappa shape index (κ3) is 4.59. The highest BCUT2D eigenvalue weighted by molar-refractivity contribution is 6.53. The van der Waals surface area contributed by atoms with Gasteiger partial charge in [0.1, 0.15) is 11.4 Å². The number of aliphatic hydroxyl groups excluding tert-OH is 1. The van der Waals surface area contributed by atoms with Gasteiger partial charge in [0.25, 0.3) is 0 Å². The molecular formula is C23H27F3N4O2. The maximum Gasteiger partial charge on any atom is 0.418 e. The Morgan fingerprint density at radius 2 is 1.75 bits per heavy atom. The van der Waals surface area contributed by atoms with Crippen LogP contribution in [-0.2, 0) is 0 Å². The molecule has 0 spiro atoms. The van der Waals surface area contributed by atoms with Crippen LogP contribution in [0.15, 0.2) is 47.3 Å². The molecule has 1 aromatic carbocycles. The van der Waals surface area contributed by atoms with Gasteiger partial charge in [-0.05, 0) is 73.7 Å². The number of allylic oxidation sites excluding steroid dienone is 4. The fraction of sp³-hybridized carbons (Fsp3) is 0.478. The zero-order valence-corrected chi connectivity index (χ0v) is 17.6. The van der Waals surface area contributed by atoms with Crippen molar-refractivity contribution in [3.8, 4) is 0 Å². The lowest BCUT2D eigenvalue weighted by Gasteiger charge is -2.39. The number of aliphatic hydroxyl groups is 1. The number of likely N-dealkylation sites (tertiary alicyclic amines) is 2. The summed E-state index contributed by atoms with van der Waals surface area (Å²) in [4.78, 5) is 4.61. The van der Waals surface area contributed by atoms with E-state index < -0.39 is 12.3 Å². The summed E-state index contributed by atoms with van der Waals surface area (Å²) in [6.45, 7) is 3.79. The van der Waals surface area contributed by atoms with Crippen LogP contribution in [0.3, 0.4) is 0 Å². The van der Waals surface area contributed by atoms with Gasteiger partial charge in [0, 0.05) is 19.1 Å². The average Bonchev–Trinajstić information content (AvgIpc) is 3.33. The molecule has 1 unspecified atom stereocenters. The Morgan fingerprint density at radius 3 is 2.38 bits per heavy atom. The third-order valence-electron chi connectivity index (χ3n) is 6.51. The van der Waals surface area contributed by atoms with Crippen LogP contribution in [0.5, 0.6) is 0 Å². The minimum atomic E-state index is -4.76. The molecule has 2 saturated heterocycles. The second-order valence-corrected chi connectivity index (χ2v) is 8.52. The zero-order chi connectivity index (χ0) is 22.9. The van der Waals surface area contributed by atoms with Crippen LogP contribution < -0.4 is 0 Å². The van der Waals surface area contributed by atoms with Gasteiger partial charge in [-0.1, -0.05) is 23.4 Å². The van der Waals surface area contributed by atoms with Crippen molar-refractivity contribution in [2.75, 3.05) is 26.2 Å². The number of rotatable bonds is 4. The molecule has 1 aromatic rings. The normalized spacial score (nSPS) is 23.4. The molecule has 172 valence electrons. The van der Waals surface area contributed by atoms with E-state index in [2.05, 4.69) is 15.0 Å². The number of alkyl halides is 3. The first-order chi connectivity index (χ1) is 15.3. The van der Waals surface area contributed by atoms with Crippen LogP contribution in [0.2, 0.25) is 0 Å². The monoisotopic (exact) mass is 448 g/mol. The first kappa shape index (κ1) is 22.5. The largest absolute Gasteiger partial charge is 0.418 e. The van der Waals surface area contributed by atoms with E-state index in [0.717, 1.165) is 39.0 Å². The molecule has 6 nitrogen and oxygen atoms in total. The van der Waals surface area contributed by atoms with Crippen LogP contribution in [0.4, 0.5) is 13.2 Å². The van der Waals surface area contributed by atoms with E-state index >= 15 is 0 Å². The highest BCUT2D eigenvalue weighted by atomic mass is 19.4. The van der Waals surface area contributed by atoms with Crippen LogP contribution in [0.25, 0.3) is 5.57 Å². The van der Waals surface area contributed by atoms with Gasteiger partial charge in [-0.2, -0.15) is 13.2 Å². The number of hydrogen-bond acceptors (Lipinski definition) is 6. The molecule has 1 atom stereocenters. The van der Waals surface area contributed by atoms with Gasteiger partial charge >= 0.3 is 6.18 Å². The van der Waals surface area contributed by atoms with Gasteiger partial charge in [0.05, 0.1) is 5.70 Å². The molecule has 32 heavy (non-hydrogen) atoms. The maximum absolute atomic E-state index is 13.0. The number of nitrogens with zero attached hydrogens (tertiary/aromatic N) is 3. The molecule has 2 heterocycles. The first-order valence-electron chi connectivity index (χ1n) is 10.9. The van der Waals surface area contributed by atoms with Crippen LogP contribution in [0.1, 0.15) is 42.9 Å². The Morgan fingerprint density at radius 1 is 1.06 bits per heavy atom. The van der Waals surface area contributed by atoms with E-state index in [9.17, 15) is 23.5 Å². The predicted molar refractivity (Wildman–Crippen MR) is 116 cm³/mol. The summed E-state index contributed by atoms with van der Waals surface area (Å²) >= 11 is 0. The summed E-state index contributed by atoms with van der Waals surface area (Å²) in [6.07, 6.45) is 0.314. The number of hydrogen-bond donors (Lipinski definition) is 3. The van der Waals surface area contributed by atoms with E-state index in [-0.39, 0.29) is 17.0 Å². The average molecular weight is 448 g/mol. The van der Waals surface area contributed by atoms with Gasteiger partial charge in [-0.25, -0.2) is 0 Å². The molecule has 4 rings (SSSR count). The minimum Gasteiger partial charge on any atom is -0.410 e. The molecule has 1 aliphatic carbocycles. The topological polar surface area (TPSA) is 83.2 Å². The minimum absolute atomic E-state index is 0.0564. The number of halogens is 3. The Kier molecular flexibility index (Phi) is 6.39. The highest BCUT2D eigenvalue weighted by Gasteiger charge is 2.39. The van der Waals surface area contributed by atoms with Crippen molar-refractivity contribution < 1.29 is 23.5 Å². The van der Waals surface area contributed by atoms with E-state index in [1.807, 2.05) is 0 Å². The number of nitrogens with one attached hydrogen (secondary N) is 1. The Labute approximate surface area is 184 Å². The van der Waals surface area contributed by atoms with Crippen molar-refractivity contribution in [2.24, 2.45) is 5.16 Å². The quantitative estimate of drug-likeness (QED) is 0.370. The van der Waals surface area contributed by atoms with E-state index in [0.29, 0.717) is 22.9 Å². The standard InChI is InChI=1S/C23H27F3N4O2/c24-23(25,26)22(31)16-5-3-4-15(12-16)17-13-19(28-32)21(27)20(14-17)30-10-6-18(7-11-30)29-8-1-2-9-29/h3-5,12-14,18,22,27,31-32H,1-2,6-11H2/b27-21?,28-19-. The van der Waals surface area contributed by atoms with E-state index in [4.69, 9.17) is 5.41 Å². The third-order valence-corrected chi connectivity index (χ3v) is 6.51. The van der Waals surface area contributed by atoms with Crippen LogP contribution >= 0.6 is 0 Å². The van der Waals surface area contributed by atoms with Gasteiger partial charge < -0.3 is 20.1 Å². The van der Waals surface area contributed by atoms with Gasteiger partial charge in [0.2, 0.25) is 0 Å². The van der Waals surface area contributed by atoms with Gasteiger partial charge in [-0.3, -0.25) is 5.41 Å². The van der Waals surface area contributed by atoms with Gasteiger partial charge in [-0.15, -0.1) is 0 Å². The molecule has 3 N–H and O–H groups in total. The second kappa shape index (κ2) is 9.07. The Bertz CT molecular complexity index is 956. The molecule has 0 amide bonds.